The third kappa shape index (κ3) is 3.05. The van der Waals surface area contributed by atoms with E-state index < -0.39 is 5.60 Å². The number of carbonyl (C=O) groups excluding carboxylic acids is 1. The van der Waals surface area contributed by atoms with Gasteiger partial charge in [0.2, 0.25) is 0 Å². The van der Waals surface area contributed by atoms with Crippen LogP contribution < -0.4 is 10.6 Å². The number of urea groups is 1. The molecule has 114 valence electrons. The molecule has 0 radical (unpaired) electrons. The second kappa shape index (κ2) is 5.68. The van der Waals surface area contributed by atoms with Gasteiger partial charge in [-0.15, -0.1) is 0 Å². The van der Waals surface area contributed by atoms with Crippen LogP contribution in [0, 0.1) is 5.92 Å². The first-order valence-electron chi connectivity index (χ1n) is 7.92. The Morgan fingerprint density at radius 2 is 2.05 bits per heavy atom. The predicted octanol–water partition coefficient (Wildman–Crippen LogP) is 2.52. The number of amides is 2. The van der Waals surface area contributed by atoms with Gasteiger partial charge in [0, 0.05) is 6.54 Å². The SMILES string of the molecule is CC1Cc2ccccc2C1NC(=O)NCC1(O)CCCC1. The van der Waals surface area contributed by atoms with E-state index in [-0.39, 0.29) is 12.1 Å². The highest BCUT2D eigenvalue weighted by molar-refractivity contribution is 5.74. The van der Waals surface area contributed by atoms with E-state index in [1.165, 1.54) is 11.1 Å². The Morgan fingerprint density at radius 3 is 2.81 bits per heavy atom. The lowest BCUT2D eigenvalue weighted by atomic mass is 10.0. The highest BCUT2D eigenvalue weighted by Gasteiger charge is 2.33. The molecule has 0 aromatic heterocycles. The van der Waals surface area contributed by atoms with Gasteiger partial charge in [0.1, 0.15) is 0 Å². The first-order chi connectivity index (χ1) is 10.1. The summed E-state index contributed by atoms with van der Waals surface area (Å²) in [5, 5.41) is 16.2. The average Bonchev–Trinajstić information content (AvgIpc) is 3.03. The summed E-state index contributed by atoms with van der Waals surface area (Å²) in [5.41, 5.74) is 1.85. The topological polar surface area (TPSA) is 61.4 Å². The van der Waals surface area contributed by atoms with E-state index in [4.69, 9.17) is 0 Å². The van der Waals surface area contributed by atoms with Crippen molar-refractivity contribution in [3.05, 3.63) is 35.4 Å². The van der Waals surface area contributed by atoms with Gasteiger partial charge in [0.25, 0.3) is 0 Å². The molecule has 2 atom stereocenters. The zero-order chi connectivity index (χ0) is 14.9. The minimum atomic E-state index is -0.698. The molecule has 3 rings (SSSR count). The second-order valence-corrected chi connectivity index (χ2v) is 6.62. The van der Waals surface area contributed by atoms with Crippen molar-refractivity contribution < 1.29 is 9.90 Å². The highest BCUT2D eigenvalue weighted by Crippen LogP contribution is 2.35. The standard InChI is InChI=1S/C17H24N2O2/c1-12-10-13-6-2-3-7-14(13)15(12)19-16(20)18-11-17(21)8-4-5-9-17/h2-3,6-7,12,15,21H,4-5,8-11H2,1H3,(H2,18,19,20). The quantitative estimate of drug-likeness (QED) is 0.800. The molecule has 1 fully saturated rings. The molecule has 0 saturated heterocycles. The van der Waals surface area contributed by atoms with Crippen LogP contribution in [0.4, 0.5) is 4.79 Å². The van der Waals surface area contributed by atoms with Crippen LogP contribution >= 0.6 is 0 Å². The van der Waals surface area contributed by atoms with Crippen LogP contribution in [0.25, 0.3) is 0 Å². The molecule has 1 aromatic rings. The first-order valence-corrected chi connectivity index (χ1v) is 7.92. The smallest absolute Gasteiger partial charge is 0.315 e. The molecule has 2 aliphatic carbocycles. The molecule has 0 heterocycles. The lowest BCUT2D eigenvalue weighted by Gasteiger charge is -2.24. The fraction of sp³-hybridized carbons (Fsp3) is 0.588. The summed E-state index contributed by atoms with van der Waals surface area (Å²) in [4.78, 5) is 12.1. The maximum Gasteiger partial charge on any atom is 0.315 e. The van der Waals surface area contributed by atoms with Crippen molar-refractivity contribution in [1.29, 1.82) is 0 Å². The van der Waals surface area contributed by atoms with Crippen LogP contribution in [0.5, 0.6) is 0 Å². The molecule has 3 N–H and O–H groups in total. The van der Waals surface area contributed by atoms with Gasteiger partial charge in [-0.1, -0.05) is 44.0 Å². The van der Waals surface area contributed by atoms with Crippen LogP contribution in [0.1, 0.15) is 49.8 Å². The molecule has 0 bridgehead atoms. The Bertz CT molecular complexity index is 523. The Balaban J connectivity index is 1.58. The van der Waals surface area contributed by atoms with Crippen molar-refractivity contribution >= 4 is 6.03 Å². The Labute approximate surface area is 125 Å². The van der Waals surface area contributed by atoms with E-state index in [0.29, 0.717) is 12.5 Å². The van der Waals surface area contributed by atoms with Gasteiger partial charge in [0.05, 0.1) is 11.6 Å². The lowest BCUT2D eigenvalue weighted by molar-refractivity contribution is 0.0499. The molecule has 4 nitrogen and oxygen atoms in total. The Morgan fingerprint density at radius 1 is 1.33 bits per heavy atom. The fourth-order valence-electron chi connectivity index (χ4n) is 3.66. The van der Waals surface area contributed by atoms with Gasteiger partial charge in [0.15, 0.2) is 0 Å². The molecule has 2 aliphatic rings. The third-order valence-electron chi connectivity index (χ3n) is 4.90. The summed E-state index contributed by atoms with van der Waals surface area (Å²) >= 11 is 0. The summed E-state index contributed by atoms with van der Waals surface area (Å²) in [6.07, 6.45) is 4.68. The number of hydrogen-bond donors (Lipinski definition) is 3. The Kier molecular flexibility index (Phi) is 3.89. The lowest BCUT2D eigenvalue weighted by Crippen LogP contribution is -2.46. The zero-order valence-corrected chi connectivity index (χ0v) is 12.6. The van der Waals surface area contributed by atoms with Crippen molar-refractivity contribution in [3.8, 4) is 0 Å². The Hall–Kier alpha value is -1.55. The summed E-state index contributed by atoms with van der Waals surface area (Å²) in [6, 6.07) is 8.18. The molecule has 1 aromatic carbocycles. The van der Waals surface area contributed by atoms with E-state index in [1.807, 2.05) is 12.1 Å². The highest BCUT2D eigenvalue weighted by atomic mass is 16.3. The van der Waals surface area contributed by atoms with E-state index in [9.17, 15) is 9.90 Å². The average molecular weight is 288 g/mol. The van der Waals surface area contributed by atoms with Crippen molar-refractivity contribution in [2.45, 2.75) is 50.7 Å². The molecular formula is C17H24N2O2. The maximum atomic E-state index is 12.1. The number of rotatable bonds is 3. The van der Waals surface area contributed by atoms with Crippen LogP contribution in [-0.4, -0.2) is 23.3 Å². The maximum absolute atomic E-state index is 12.1. The summed E-state index contributed by atoms with van der Waals surface area (Å²) in [6.45, 7) is 2.51. The van der Waals surface area contributed by atoms with Crippen molar-refractivity contribution in [3.63, 3.8) is 0 Å². The number of hydrogen-bond acceptors (Lipinski definition) is 2. The van der Waals surface area contributed by atoms with Crippen molar-refractivity contribution in [2.24, 2.45) is 5.92 Å². The number of aliphatic hydroxyl groups is 1. The summed E-state index contributed by atoms with van der Waals surface area (Å²) in [7, 11) is 0. The molecule has 2 amide bonds. The van der Waals surface area contributed by atoms with Crippen molar-refractivity contribution in [1.82, 2.24) is 10.6 Å². The van der Waals surface area contributed by atoms with Gasteiger partial charge >= 0.3 is 6.03 Å². The predicted molar refractivity (Wildman–Crippen MR) is 82.0 cm³/mol. The monoisotopic (exact) mass is 288 g/mol. The molecule has 4 heteroatoms. The number of fused-ring (bicyclic) bond motifs is 1. The van der Waals surface area contributed by atoms with E-state index >= 15 is 0 Å². The number of benzene rings is 1. The number of carbonyl (C=O) groups is 1. The van der Waals surface area contributed by atoms with Crippen LogP contribution in [-0.2, 0) is 6.42 Å². The van der Waals surface area contributed by atoms with E-state index in [0.717, 1.165) is 32.1 Å². The molecular weight excluding hydrogens is 264 g/mol. The normalized spacial score (nSPS) is 26.4. The third-order valence-corrected chi connectivity index (χ3v) is 4.90. The molecule has 21 heavy (non-hydrogen) atoms. The second-order valence-electron chi connectivity index (χ2n) is 6.62. The van der Waals surface area contributed by atoms with Crippen LogP contribution in [0.2, 0.25) is 0 Å². The number of nitrogens with one attached hydrogen (secondary N) is 2. The molecule has 1 saturated carbocycles. The van der Waals surface area contributed by atoms with Crippen molar-refractivity contribution in [2.75, 3.05) is 6.54 Å². The van der Waals surface area contributed by atoms with E-state index in [2.05, 4.69) is 29.7 Å². The van der Waals surface area contributed by atoms with Gasteiger partial charge in [-0.2, -0.15) is 0 Å². The first kappa shape index (κ1) is 14.4. The van der Waals surface area contributed by atoms with Gasteiger partial charge < -0.3 is 15.7 Å². The minimum Gasteiger partial charge on any atom is -0.388 e. The molecule has 2 unspecified atom stereocenters. The summed E-state index contributed by atoms with van der Waals surface area (Å²) < 4.78 is 0. The van der Waals surface area contributed by atoms with Crippen LogP contribution in [0.15, 0.2) is 24.3 Å². The van der Waals surface area contributed by atoms with Gasteiger partial charge in [-0.25, -0.2) is 4.79 Å². The molecule has 0 spiro atoms. The summed E-state index contributed by atoms with van der Waals surface area (Å²) in [5.74, 6) is 0.405. The van der Waals surface area contributed by atoms with Gasteiger partial charge in [-0.05, 0) is 36.3 Å². The molecule has 0 aliphatic heterocycles. The van der Waals surface area contributed by atoms with Crippen LogP contribution in [0.3, 0.4) is 0 Å². The largest absolute Gasteiger partial charge is 0.388 e. The van der Waals surface area contributed by atoms with Gasteiger partial charge in [-0.3, -0.25) is 0 Å². The zero-order valence-electron chi connectivity index (χ0n) is 12.6. The fourth-order valence-corrected chi connectivity index (χ4v) is 3.66. The van der Waals surface area contributed by atoms with E-state index in [1.54, 1.807) is 0 Å². The minimum absolute atomic E-state index is 0.0689.